The Morgan fingerprint density at radius 1 is 1.17 bits per heavy atom. The molecule has 24 heavy (non-hydrogen) atoms. The Kier molecular flexibility index (Phi) is 4.36. The minimum atomic E-state index is -3.97. The van der Waals surface area contributed by atoms with Gasteiger partial charge in [0.2, 0.25) is 5.91 Å². The maximum atomic E-state index is 12.0. The molecule has 7 nitrogen and oxygen atoms in total. The molecule has 9 heteroatoms. The van der Waals surface area contributed by atoms with Gasteiger partial charge in [0.15, 0.2) is 5.03 Å². The van der Waals surface area contributed by atoms with Gasteiger partial charge in [-0.2, -0.15) is 8.42 Å². The number of hydrogen-bond acceptors (Lipinski definition) is 7. The summed E-state index contributed by atoms with van der Waals surface area (Å²) in [6, 6.07) is 8.29. The lowest BCUT2D eigenvalue weighted by Gasteiger charge is -2.04. The topological polar surface area (TPSA) is 102 Å². The van der Waals surface area contributed by atoms with Crippen molar-refractivity contribution in [3.8, 4) is 21.1 Å². The molecule has 0 saturated heterocycles. The summed E-state index contributed by atoms with van der Waals surface area (Å²) in [5, 5.41) is 0.543. The Morgan fingerprint density at radius 2 is 2.00 bits per heavy atom. The van der Waals surface area contributed by atoms with Crippen LogP contribution in [0.15, 0.2) is 53.9 Å². The third-order valence-electron chi connectivity index (χ3n) is 2.94. The van der Waals surface area contributed by atoms with E-state index in [-0.39, 0.29) is 5.03 Å². The van der Waals surface area contributed by atoms with E-state index >= 15 is 0 Å². The zero-order valence-electron chi connectivity index (χ0n) is 12.5. The molecule has 0 atom stereocenters. The van der Waals surface area contributed by atoms with Crippen molar-refractivity contribution in [3.63, 3.8) is 0 Å². The van der Waals surface area contributed by atoms with Crippen molar-refractivity contribution in [2.24, 2.45) is 0 Å². The van der Waals surface area contributed by atoms with Crippen molar-refractivity contribution in [2.45, 2.75) is 11.9 Å². The summed E-state index contributed by atoms with van der Waals surface area (Å²) in [6.45, 7) is 1.13. The predicted molar refractivity (Wildman–Crippen MR) is 89.6 cm³/mol. The lowest BCUT2D eigenvalue weighted by Crippen LogP contribution is -2.28. The van der Waals surface area contributed by atoms with E-state index in [1.165, 1.54) is 17.4 Å². The predicted octanol–water partition coefficient (Wildman–Crippen LogP) is 2.09. The summed E-state index contributed by atoms with van der Waals surface area (Å²) >= 11 is 1.38. The van der Waals surface area contributed by atoms with Crippen LogP contribution >= 0.6 is 11.3 Å². The fraction of sp³-hybridized carbons (Fsp3) is 0.0667. The van der Waals surface area contributed by atoms with Crippen LogP contribution in [-0.4, -0.2) is 29.3 Å². The zero-order chi connectivity index (χ0) is 17.2. The van der Waals surface area contributed by atoms with Crippen molar-refractivity contribution in [1.82, 2.24) is 19.7 Å². The maximum absolute atomic E-state index is 12.0. The maximum Gasteiger partial charge on any atom is 0.281 e. The van der Waals surface area contributed by atoms with Crippen LogP contribution in [0.5, 0.6) is 0 Å². The van der Waals surface area contributed by atoms with E-state index < -0.39 is 15.9 Å². The Hall–Kier alpha value is -2.65. The highest BCUT2D eigenvalue weighted by Crippen LogP contribution is 2.30. The van der Waals surface area contributed by atoms with E-state index in [9.17, 15) is 13.2 Å². The SMILES string of the molecule is CC(=O)NS(=O)(=O)c1cccc(-c2cnc(-c3cccnc3)s2)n1. The first kappa shape index (κ1) is 16.2. The quantitative estimate of drug-likeness (QED) is 0.764. The molecule has 3 aromatic heterocycles. The van der Waals surface area contributed by atoms with Crippen LogP contribution in [0.4, 0.5) is 0 Å². The summed E-state index contributed by atoms with van der Waals surface area (Å²) in [5.41, 5.74) is 1.34. The van der Waals surface area contributed by atoms with Gasteiger partial charge in [0.25, 0.3) is 10.0 Å². The van der Waals surface area contributed by atoms with Gasteiger partial charge in [-0.25, -0.2) is 14.7 Å². The molecule has 0 aliphatic heterocycles. The van der Waals surface area contributed by atoms with Gasteiger partial charge in [-0.05, 0) is 24.3 Å². The van der Waals surface area contributed by atoms with E-state index in [2.05, 4.69) is 15.0 Å². The van der Waals surface area contributed by atoms with Gasteiger partial charge in [0, 0.05) is 31.1 Å². The normalized spacial score (nSPS) is 11.2. The number of pyridine rings is 2. The molecular weight excluding hydrogens is 348 g/mol. The fourth-order valence-corrected chi connectivity index (χ4v) is 3.79. The average molecular weight is 360 g/mol. The Bertz CT molecular complexity index is 985. The van der Waals surface area contributed by atoms with Crippen LogP contribution in [-0.2, 0) is 14.8 Å². The Balaban J connectivity index is 1.96. The molecule has 0 unspecified atom stereocenters. The second-order valence-corrected chi connectivity index (χ2v) is 7.45. The summed E-state index contributed by atoms with van der Waals surface area (Å²) in [7, 11) is -3.97. The zero-order valence-corrected chi connectivity index (χ0v) is 14.1. The summed E-state index contributed by atoms with van der Waals surface area (Å²) < 4.78 is 26.0. The lowest BCUT2D eigenvalue weighted by molar-refractivity contribution is -0.117. The van der Waals surface area contributed by atoms with Gasteiger partial charge in [0.1, 0.15) is 5.01 Å². The number of carbonyl (C=O) groups is 1. The van der Waals surface area contributed by atoms with Crippen LogP contribution < -0.4 is 4.72 Å². The van der Waals surface area contributed by atoms with Crippen LogP contribution in [0.25, 0.3) is 21.1 Å². The van der Waals surface area contributed by atoms with E-state index in [1.54, 1.807) is 30.7 Å². The van der Waals surface area contributed by atoms with Gasteiger partial charge >= 0.3 is 0 Å². The third kappa shape index (κ3) is 3.47. The molecule has 122 valence electrons. The van der Waals surface area contributed by atoms with Crippen molar-refractivity contribution < 1.29 is 13.2 Å². The molecule has 0 aromatic carbocycles. The Morgan fingerprint density at radius 3 is 2.71 bits per heavy atom. The smallest absolute Gasteiger partial charge is 0.274 e. The number of sulfonamides is 1. The monoisotopic (exact) mass is 360 g/mol. The highest BCUT2D eigenvalue weighted by Gasteiger charge is 2.18. The fourth-order valence-electron chi connectivity index (χ4n) is 1.96. The number of rotatable bonds is 4. The van der Waals surface area contributed by atoms with Gasteiger partial charge in [-0.3, -0.25) is 9.78 Å². The molecule has 3 aromatic rings. The van der Waals surface area contributed by atoms with Crippen LogP contribution in [0.1, 0.15) is 6.92 Å². The number of amides is 1. The number of thiazole rings is 1. The molecule has 3 rings (SSSR count). The van der Waals surface area contributed by atoms with E-state index in [0.717, 1.165) is 17.5 Å². The molecule has 0 spiro atoms. The molecule has 1 amide bonds. The number of aromatic nitrogens is 3. The minimum absolute atomic E-state index is 0.216. The number of hydrogen-bond donors (Lipinski definition) is 1. The van der Waals surface area contributed by atoms with Crippen molar-refractivity contribution in [3.05, 3.63) is 48.9 Å². The summed E-state index contributed by atoms with van der Waals surface area (Å²) in [6.07, 6.45) is 5.01. The average Bonchev–Trinajstić information content (AvgIpc) is 3.05. The molecule has 0 aliphatic rings. The van der Waals surface area contributed by atoms with Gasteiger partial charge < -0.3 is 0 Å². The lowest BCUT2D eigenvalue weighted by atomic mass is 10.3. The first-order valence-electron chi connectivity index (χ1n) is 6.83. The second-order valence-electron chi connectivity index (χ2n) is 4.79. The molecule has 0 bridgehead atoms. The second kappa shape index (κ2) is 6.46. The molecule has 1 N–H and O–H groups in total. The number of nitrogens with zero attached hydrogens (tertiary/aromatic N) is 3. The molecule has 0 aliphatic carbocycles. The molecule has 0 radical (unpaired) electrons. The molecule has 0 fully saturated rings. The van der Waals surface area contributed by atoms with E-state index in [0.29, 0.717) is 10.6 Å². The molecule has 0 saturated carbocycles. The first-order valence-corrected chi connectivity index (χ1v) is 9.13. The largest absolute Gasteiger partial charge is 0.281 e. The number of carbonyl (C=O) groups excluding carboxylic acids is 1. The van der Waals surface area contributed by atoms with E-state index in [4.69, 9.17) is 0 Å². The van der Waals surface area contributed by atoms with Crippen LogP contribution in [0, 0.1) is 0 Å². The Labute approximate surface area is 142 Å². The highest BCUT2D eigenvalue weighted by molar-refractivity contribution is 7.90. The standard InChI is InChI=1S/C15H12N4O3S2/c1-10(20)19-24(21,22)14-6-2-5-12(18-14)13-9-17-15(23-13)11-4-3-7-16-8-11/h2-9H,1H3,(H,19,20). The van der Waals surface area contributed by atoms with Gasteiger partial charge in [-0.1, -0.05) is 6.07 Å². The van der Waals surface area contributed by atoms with Gasteiger partial charge in [-0.15, -0.1) is 11.3 Å². The summed E-state index contributed by atoms with van der Waals surface area (Å²) in [5.74, 6) is -0.668. The first-order chi connectivity index (χ1) is 11.5. The molecule has 3 heterocycles. The van der Waals surface area contributed by atoms with Crippen molar-refractivity contribution in [2.75, 3.05) is 0 Å². The summed E-state index contributed by atoms with van der Waals surface area (Å²) in [4.78, 5) is 24.2. The van der Waals surface area contributed by atoms with Gasteiger partial charge in [0.05, 0.1) is 10.6 Å². The molecular formula is C15H12N4O3S2. The van der Waals surface area contributed by atoms with Crippen molar-refractivity contribution >= 4 is 27.3 Å². The van der Waals surface area contributed by atoms with Crippen LogP contribution in [0.2, 0.25) is 0 Å². The van der Waals surface area contributed by atoms with Crippen LogP contribution in [0.3, 0.4) is 0 Å². The minimum Gasteiger partial charge on any atom is -0.274 e. The highest BCUT2D eigenvalue weighted by atomic mass is 32.2. The van der Waals surface area contributed by atoms with E-state index in [1.807, 2.05) is 16.9 Å². The van der Waals surface area contributed by atoms with Crippen molar-refractivity contribution in [1.29, 1.82) is 0 Å². The number of nitrogens with one attached hydrogen (secondary N) is 1. The third-order valence-corrected chi connectivity index (χ3v) is 5.35.